The number of benzene rings is 4. The van der Waals surface area contributed by atoms with Gasteiger partial charge in [-0.05, 0) is 97.8 Å². The number of anilines is 3. The molecule has 3 heterocycles. The van der Waals surface area contributed by atoms with Crippen molar-refractivity contribution in [1.82, 2.24) is 4.98 Å². The van der Waals surface area contributed by atoms with E-state index in [9.17, 15) is 0 Å². The van der Waals surface area contributed by atoms with Crippen molar-refractivity contribution in [3.05, 3.63) is 130 Å². The summed E-state index contributed by atoms with van der Waals surface area (Å²) in [4.78, 5) is 7.07. The van der Waals surface area contributed by atoms with Gasteiger partial charge in [-0.3, -0.25) is 4.98 Å². The number of hydrogen-bond acceptors (Lipinski definition) is 2. The molecule has 5 aromatic rings. The molecule has 0 spiro atoms. The Labute approximate surface area is 204 Å². The topological polar surface area (TPSA) is 16.1 Å². The van der Waals surface area contributed by atoms with Crippen LogP contribution < -0.4 is 4.90 Å². The lowest BCUT2D eigenvalue weighted by Crippen LogP contribution is -2.26. The Morgan fingerprint density at radius 3 is 2.14 bits per heavy atom. The second-order valence-corrected chi connectivity index (χ2v) is 10.4. The Bertz CT molecular complexity index is 1760. The molecule has 0 amide bonds. The molecule has 2 nitrogen and oxygen atoms in total. The zero-order valence-electron chi connectivity index (χ0n) is 19.3. The second-order valence-electron chi connectivity index (χ2n) is 10.4. The van der Waals surface area contributed by atoms with Crippen molar-refractivity contribution in [1.29, 1.82) is 0 Å². The number of aromatic nitrogens is 1. The molecule has 9 rings (SSSR count). The van der Waals surface area contributed by atoms with Gasteiger partial charge < -0.3 is 4.90 Å². The lowest BCUT2D eigenvalue weighted by molar-refractivity contribution is 0.983. The molecule has 0 radical (unpaired) electrons. The summed E-state index contributed by atoms with van der Waals surface area (Å²) >= 11 is 0. The fourth-order valence-corrected chi connectivity index (χ4v) is 7.12. The lowest BCUT2D eigenvalue weighted by atomic mass is 9.82. The Kier molecular flexibility index (Phi) is 3.27. The van der Waals surface area contributed by atoms with Crippen molar-refractivity contribution >= 4 is 17.1 Å². The van der Waals surface area contributed by atoms with E-state index < -0.39 is 0 Å². The van der Waals surface area contributed by atoms with E-state index in [0.717, 1.165) is 25.7 Å². The van der Waals surface area contributed by atoms with Gasteiger partial charge in [-0.1, -0.05) is 54.6 Å². The molecule has 0 saturated heterocycles. The summed E-state index contributed by atoms with van der Waals surface area (Å²) in [6.07, 6.45) is 8.04. The first-order valence-electron chi connectivity index (χ1n) is 12.6. The second kappa shape index (κ2) is 6.28. The third-order valence-corrected chi connectivity index (χ3v) is 8.60. The SMILES string of the molecule is c1ccc2c(c1)Cc1cc3c(cc1-2)N1c2ccncc2Cc2cc4c(c(c21)C3)Cc1ccccc1-4. The van der Waals surface area contributed by atoms with Crippen LogP contribution in [0, 0.1) is 0 Å². The van der Waals surface area contributed by atoms with Crippen molar-refractivity contribution in [2.24, 2.45) is 0 Å². The van der Waals surface area contributed by atoms with Crippen LogP contribution in [0.3, 0.4) is 0 Å². The summed E-state index contributed by atoms with van der Waals surface area (Å²) in [5.41, 5.74) is 21.3. The van der Waals surface area contributed by atoms with Gasteiger partial charge in [-0.25, -0.2) is 0 Å². The molecule has 4 aromatic carbocycles. The van der Waals surface area contributed by atoms with Gasteiger partial charge >= 0.3 is 0 Å². The first kappa shape index (κ1) is 18.2. The molecule has 2 aliphatic heterocycles. The molecule has 2 aliphatic carbocycles. The fraction of sp³-hybridized carbons (Fsp3) is 0.121. The van der Waals surface area contributed by atoms with Crippen molar-refractivity contribution in [3.63, 3.8) is 0 Å². The zero-order chi connectivity index (χ0) is 22.7. The van der Waals surface area contributed by atoms with Gasteiger partial charge in [0.2, 0.25) is 0 Å². The van der Waals surface area contributed by atoms with Crippen molar-refractivity contribution < 1.29 is 0 Å². The first-order valence-corrected chi connectivity index (χ1v) is 12.6. The molecule has 0 saturated carbocycles. The van der Waals surface area contributed by atoms with Crippen LogP contribution in [-0.2, 0) is 25.7 Å². The van der Waals surface area contributed by atoms with Crippen LogP contribution in [0.4, 0.5) is 17.1 Å². The number of rotatable bonds is 0. The van der Waals surface area contributed by atoms with Gasteiger partial charge in [-0.2, -0.15) is 0 Å². The highest BCUT2D eigenvalue weighted by molar-refractivity contribution is 5.95. The summed E-state index contributed by atoms with van der Waals surface area (Å²) in [5, 5.41) is 0. The van der Waals surface area contributed by atoms with E-state index in [1.165, 1.54) is 83.8 Å². The number of nitrogens with zero attached hydrogens (tertiary/aromatic N) is 2. The van der Waals surface area contributed by atoms with Crippen LogP contribution in [0.15, 0.2) is 85.2 Å². The van der Waals surface area contributed by atoms with Crippen LogP contribution in [0.1, 0.15) is 44.5 Å². The van der Waals surface area contributed by atoms with Gasteiger partial charge in [0.25, 0.3) is 0 Å². The molecular formula is C33H22N2. The van der Waals surface area contributed by atoms with Gasteiger partial charge in [0, 0.05) is 25.2 Å². The number of fused-ring (bicyclic) bond motifs is 11. The smallest absolute Gasteiger partial charge is 0.0535 e. The van der Waals surface area contributed by atoms with Crippen molar-refractivity contribution in [2.75, 3.05) is 4.90 Å². The Morgan fingerprint density at radius 2 is 1.26 bits per heavy atom. The normalized spacial score (nSPS) is 14.9. The van der Waals surface area contributed by atoms with E-state index in [-0.39, 0.29) is 0 Å². The molecule has 0 fully saturated rings. The highest BCUT2D eigenvalue weighted by atomic mass is 15.2. The van der Waals surface area contributed by atoms with Crippen LogP contribution in [0.5, 0.6) is 0 Å². The maximum absolute atomic E-state index is 4.51. The first-order chi connectivity index (χ1) is 17.3. The molecular weight excluding hydrogens is 424 g/mol. The van der Waals surface area contributed by atoms with Gasteiger partial charge in [0.05, 0.1) is 17.1 Å². The molecule has 0 atom stereocenters. The highest BCUT2D eigenvalue weighted by Crippen LogP contribution is 2.55. The summed E-state index contributed by atoms with van der Waals surface area (Å²) in [6.45, 7) is 0. The Balaban J connectivity index is 1.34. The van der Waals surface area contributed by atoms with Crippen LogP contribution in [-0.4, -0.2) is 4.98 Å². The van der Waals surface area contributed by atoms with Crippen LogP contribution in [0.2, 0.25) is 0 Å². The summed E-state index contributed by atoms with van der Waals surface area (Å²) in [5.74, 6) is 0. The van der Waals surface area contributed by atoms with Gasteiger partial charge in [0.1, 0.15) is 0 Å². The minimum Gasteiger partial charge on any atom is -0.309 e. The predicted octanol–water partition coefficient (Wildman–Crippen LogP) is 7.50. The molecule has 1 aromatic heterocycles. The third kappa shape index (κ3) is 2.27. The average Bonchev–Trinajstić information content (AvgIpc) is 3.45. The summed E-state index contributed by atoms with van der Waals surface area (Å²) in [7, 11) is 0. The number of pyridine rings is 1. The van der Waals surface area contributed by atoms with E-state index >= 15 is 0 Å². The van der Waals surface area contributed by atoms with Gasteiger partial charge in [0.15, 0.2) is 0 Å². The molecule has 0 unspecified atom stereocenters. The van der Waals surface area contributed by atoms with E-state index in [4.69, 9.17) is 0 Å². The monoisotopic (exact) mass is 446 g/mol. The van der Waals surface area contributed by atoms with Gasteiger partial charge in [-0.15, -0.1) is 0 Å². The quantitative estimate of drug-likeness (QED) is 0.240. The molecule has 164 valence electrons. The maximum Gasteiger partial charge on any atom is 0.0535 e. The molecule has 4 aliphatic rings. The summed E-state index contributed by atoms with van der Waals surface area (Å²) in [6, 6.07) is 27.5. The third-order valence-electron chi connectivity index (χ3n) is 8.60. The lowest BCUT2D eigenvalue weighted by Gasteiger charge is -2.40. The summed E-state index contributed by atoms with van der Waals surface area (Å²) < 4.78 is 0. The molecule has 35 heavy (non-hydrogen) atoms. The predicted molar refractivity (Wildman–Crippen MR) is 141 cm³/mol. The maximum atomic E-state index is 4.51. The minimum atomic E-state index is 0.945. The Hall–Kier alpha value is -4.17. The van der Waals surface area contributed by atoms with E-state index in [1.807, 2.05) is 6.20 Å². The molecule has 2 heteroatoms. The van der Waals surface area contributed by atoms with Crippen molar-refractivity contribution in [2.45, 2.75) is 25.7 Å². The highest BCUT2D eigenvalue weighted by Gasteiger charge is 2.37. The van der Waals surface area contributed by atoms with Crippen molar-refractivity contribution in [3.8, 4) is 22.3 Å². The largest absolute Gasteiger partial charge is 0.309 e. The fourth-order valence-electron chi connectivity index (χ4n) is 7.12. The number of hydrogen-bond donors (Lipinski definition) is 0. The van der Waals surface area contributed by atoms with Crippen LogP contribution >= 0.6 is 0 Å². The van der Waals surface area contributed by atoms with E-state index in [2.05, 4.69) is 88.9 Å². The molecule has 0 N–H and O–H groups in total. The van der Waals surface area contributed by atoms with E-state index in [1.54, 1.807) is 0 Å². The van der Waals surface area contributed by atoms with E-state index in [0.29, 0.717) is 0 Å². The standard InChI is InChI=1S/C33H22N2/c1-3-7-25-19(5-1)11-21-12-22-15-30-29-14-20-6-2-4-8-26(20)28(29)16-23-13-24-18-34-10-9-31(24)35(33(23)30)32(22)17-27(21)25/h1-10,12,16-18H,11,13-15H2. The average molecular weight is 447 g/mol. The zero-order valence-corrected chi connectivity index (χ0v) is 19.3. The molecule has 0 bridgehead atoms. The van der Waals surface area contributed by atoms with Crippen LogP contribution in [0.25, 0.3) is 22.3 Å². The minimum absolute atomic E-state index is 0.945. The Morgan fingerprint density at radius 1 is 0.514 bits per heavy atom.